The van der Waals surface area contributed by atoms with E-state index in [9.17, 15) is 18.0 Å². The molecule has 3 rings (SSSR count). The lowest BCUT2D eigenvalue weighted by Crippen LogP contribution is -2.48. The monoisotopic (exact) mass is 424 g/mol. The van der Waals surface area contributed by atoms with Gasteiger partial charge in [-0.2, -0.15) is 0 Å². The van der Waals surface area contributed by atoms with Crippen LogP contribution in [0.2, 0.25) is 0 Å². The first-order valence-electron chi connectivity index (χ1n) is 9.38. The fourth-order valence-corrected chi connectivity index (χ4v) is 3.39. The maximum Gasteiger partial charge on any atom is 0.573 e. The van der Waals surface area contributed by atoms with Gasteiger partial charge < -0.3 is 19.1 Å². The van der Waals surface area contributed by atoms with Crippen LogP contribution in [0, 0.1) is 0 Å². The van der Waals surface area contributed by atoms with Gasteiger partial charge in [0.05, 0.1) is 19.8 Å². The van der Waals surface area contributed by atoms with Gasteiger partial charge in [0.15, 0.2) is 11.5 Å². The third kappa shape index (κ3) is 5.35. The third-order valence-electron chi connectivity index (χ3n) is 4.86. The summed E-state index contributed by atoms with van der Waals surface area (Å²) in [6.45, 7) is 2.96. The van der Waals surface area contributed by atoms with Crippen molar-refractivity contribution in [2.75, 3.05) is 40.4 Å². The molecule has 0 atom stereocenters. The number of amides is 1. The van der Waals surface area contributed by atoms with Crippen molar-refractivity contribution in [1.82, 2.24) is 9.80 Å². The molecule has 0 aliphatic carbocycles. The fraction of sp³-hybridized carbons (Fsp3) is 0.381. The number of carbonyl (C=O) groups is 1. The van der Waals surface area contributed by atoms with Crippen molar-refractivity contribution < 1.29 is 32.2 Å². The zero-order valence-corrected chi connectivity index (χ0v) is 16.7. The molecule has 1 aliphatic heterocycles. The summed E-state index contributed by atoms with van der Waals surface area (Å²) in [4.78, 5) is 16.8. The van der Waals surface area contributed by atoms with Crippen LogP contribution in [-0.2, 0) is 6.54 Å². The summed E-state index contributed by atoms with van der Waals surface area (Å²) in [6, 6.07) is 11.0. The molecule has 30 heavy (non-hydrogen) atoms. The number of ether oxygens (including phenoxy) is 3. The SMILES string of the molecule is COc1cccc(C(=O)N2CCN(Cc3ccc(OC(F)(F)F)cc3)CC2)c1OC. The number of benzene rings is 2. The van der Waals surface area contributed by atoms with E-state index in [-0.39, 0.29) is 11.7 Å². The molecule has 0 saturated carbocycles. The number of hydrogen-bond donors (Lipinski definition) is 0. The first-order valence-corrected chi connectivity index (χ1v) is 9.38. The van der Waals surface area contributed by atoms with Gasteiger partial charge in [-0.15, -0.1) is 13.2 Å². The van der Waals surface area contributed by atoms with Crippen LogP contribution in [0.4, 0.5) is 13.2 Å². The Hall–Kier alpha value is -2.94. The lowest BCUT2D eigenvalue weighted by Gasteiger charge is -2.35. The average molecular weight is 424 g/mol. The van der Waals surface area contributed by atoms with Gasteiger partial charge in [0.25, 0.3) is 5.91 Å². The zero-order chi connectivity index (χ0) is 21.7. The van der Waals surface area contributed by atoms with Crippen LogP contribution < -0.4 is 14.2 Å². The van der Waals surface area contributed by atoms with E-state index in [2.05, 4.69) is 9.64 Å². The van der Waals surface area contributed by atoms with E-state index in [4.69, 9.17) is 9.47 Å². The van der Waals surface area contributed by atoms with Crippen molar-refractivity contribution in [2.24, 2.45) is 0 Å². The molecule has 0 spiro atoms. The summed E-state index contributed by atoms with van der Waals surface area (Å²) in [5.41, 5.74) is 1.32. The Morgan fingerprint density at radius 2 is 1.63 bits per heavy atom. The quantitative estimate of drug-likeness (QED) is 0.710. The highest BCUT2D eigenvalue weighted by molar-refractivity contribution is 5.97. The largest absolute Gasteiger partial charge is 0.573 e. The minimum absolute atomic E-state index is 0.126. The number of methoxy groups -OCH3 is 2. The van der Waals surface area contributed by atoms with Gasteiger partial charge in [0.2, 0.25) is 0 Å². The maximum atomic E-state index is 12.9. The van der Waals surface area contributed by atoms with E-state index in [1.165, 1.54) is 26.4 Å². The molecule has 1 fully saturated rings. The van der Waals surface area contributed by atoms with Crippen molar-refractivity contribution in [3.8, 4) is 17.2 Å². The highest BCUT2D eigenvalue weighted by Gasteiger charge is 2.31. The Labute approximate surface area is 172 Å². The van der Waals surface area contributed by atoms with E-state index in [0.29, 0.717) is 49.8 Å². The van der Waals surface area contributed by atoms with Crippen LogP contribution in [0.5, 0.6) is 17.2 Å². The van der Waals surface area contributed by atoms with Gasteiger partial charge in [0.1, 0.15) is 5.75 Å². The van der Waals surface area contributed by atoms with Crippen molar-refractivity contribution >= 4 is 5.91 Å². The standard InChI is InChI=1S/C21H23F3N2O4/c1-28-18-5-3-4-17(19(18)29-2)20(27)26-12-10-25(11-13-26)14-15-6-8-16(9-7-15)30-21(22,23)24/h3-9H,10-14H2,1-2H3. The van der Waals surface area contributed by atoms with Crippen molar-refractivity contribution in [1.29, 1.82) is 0 Å². The third-order valence-corrected chi connectivity index (χ3v) is 4.86. The number of alkyl halides is 3. The Bertz CT molecular complexity index is 864. The van der Waals surface area contributed by atoms with Gasteiger partial charge in [-0.1, -0.05) is 18.2 Å². The molecule has 0 unspecified atom stereocenters. The predicted octanol–water partition coefficient (Wildman–Crippen LogP) is 3.56. The summed E-state index contributed by atoms with van der Waals surface area (Å²) < 4.78 is 51.3. The molecule has 1 amide bonds. The Morgan fingerprint density at radius 1 is 0.967 bits per heavy atom. The second-order valence-electron chi connectivity index (χ2n) is 6.80. The molecule has 6 nitrogen and oxygen atoms in total. The molecule has 2 aromatic rings. The summed E-state index contributed by atoms with van der Waals surface area (Å²) in [5, 5.41) is 0. The Morgan fingerprint density at radius 3 is 2.20 bits per heavy atom. The minimum Gasteiger partial charge on any atom is -0.493 e. The highest BCUT2D eigenvalue weighted by atomic mass is 19.4. The molecular formula is C21H23F3N2O4. The van der Waals surface area contributed by atoms with Gasteiger partial charge in [-0.3, -0.25) is 9.69 Å². The smallest absolute Gasteiger partial charge is 0.493 e. The van der Waals surface area contributed by atoms with Crippen LogP contribution in [-0.4, -0.2) is 62.5 Å². The van der Waals surface area contributed by atoms with Crippen LogP contribution >= 0.6 is 0 Å². The molecule has 0 bridgehead atoms. The molecule has 9 heteroatoms. The lowest BCUT2D eigenvalue weighted by molar-refractivity contribution is -0.274. The van der Waals surface area contributed by atoms with Crippen molar-refractivity contribution in [3.05, 3.63) is 53.6 Å². The normalized spacial score (nSPS) is 15.0. The number of halogens is 3. The molecule has 1 aliphatic rings. The lowest BCUT2D eigenvalue weighted by atomic mass is 10.1. The fourth-order valence-electron chi connectivity index (χ4n) is 3.39. The molecule has 2 aromatic carbocycles. The summed E-state index contributed by atoms with van der Waals surface area (Å²) >= 11 is 0. The Kier molecular flexibility index (Phi) is 6.71. The van der Waals surface area contributed by atoms with Gasteiger partial charge in [-0.25, -0.2) is 0 Å². The second-order valence-corrected chi connectivity index (χ2v) is 6.80. The van der Waals surface area contributed by atoms with Crippen LogP contribution in [0.15, 0.2) is 42.5 Å². The van der Waals surface area contributed by atoms with Gasteiger partial charge in [0, 0.05) is 32.7 Å². The maximum absolute atomic E-state index is 12.9. The number of piperazine rings is 1. The molecule has 162 valence electrons. The number of nitrogens with zero attached hydrogens (tertiary/aromatic N) is 2. The molecule has 0 N–H and O–H groups in total. The first kappa shape index (κ1) is 21.8. The van der Waals surface area contributed by atoms with Crippen LogP contribution in [0.3, 0.4) is 0 Å². The number of hydrogen-bond acceptors (Lipinski definition) is 5. The number of rotatable bonds is 6. The van der Waals surface area contributed by atoms with Gasteiger partial charge in [-0.05, 0) is 29.8 Å². The van der Waals surface area contributed by atoms with E-state index < -0.39 is 6.36 Å². The number of carbonyl (C=O) groups excluding carboxylic acids is 1. The van der Waals surface area contributed by atoms with Crippen molar-refractivity contribution in [3.63, 3.8) is 0 Å². The van der Waals surface area contributed by atoms with Crippen LogP contribution in [0.25, 0.3) is 0 Å². The zero-order valence-electron chi connectivity index (χ0n) is 16.7. The topological polar surface area (TPSA) is 51.2 Å². The minimum atomic E-state index is -4.70. The molecule has 0 radical (unpaired) electrons. The van der Waals surface area contributed by atoms with Crippen LogP contribution in [0.1, 0.15) is 15.9 Å². The first-order chi connectivity index (χ1) is 14.3. The summed E-state index contributed by atoms with van der Waals surface area (Å²) in [6.07, 6.45) is -4.70. The second kappa shape index (κ2) is 9.25. The molecule has 1 heterocycles. The Balaban J connectivity index is 1.57. The number of para-hydroxylation sites is 1. The predicted molar refractivity (Wildman–Crippen MR) is 104 cm³/mol. The van der Waals surface area contributed by atoms with E-state index in [1.54, 1.807) is 35.2 Å². The highest BCUT2D eigenvalue weighted by Crippen LogP contribution is 2.31. The summed E-state index contributed by atoms with van der Waals surface area (Å²) in [7, 11) is 3.02. The molecule has 0 aromatic heterocycles. The molecule has 1 saturated heterocycles. The van der Waals surface area contributed by atoms with Crippen molar-refractivity contribution in [2.45, 2.75) is 12.9 Å². The van der Waals surface area contributed by atoms with E-state index in [1.807, 2.05) is 0 Å². The average Bonchev–Trinajstić information content (AvgIpc) is 2.73. The molecular weight excluding hydrogens is 401 g/mol. The van der Waals surface area contributed by atoms with Gasteiger partial charge >= 0.3 is 6.36 Å². The van der Waals surface area contributed by atoms with E-state index >= 15 is 0 Å². The van der Waals surface area contributed by atoms with E-state index in [0.717, 1.165) is 5.56 Å². The summed E-state index contributed by atoms with van der Waals surface area (Å²) in [5.74, 6) is 0.543.